The lowest BCUT2D eigenvalue weighted by atomic mass is 9.48. The van der Waals surface area contributed by atoms with Gasteiger partial charge in [-0.3, -0.25) is 10.1 Å². The molecule has 0 aromatic heterocycles. The second-order valence-corrected chi connectivity index (χ2v) is 12.2. The number of unbranched alkanes of at least 4 members (excludes halogenated alkanes) is 1. The van der Waals surface area contributed by atoms with E-state index in [-0.39, 0.29) is 30.5 Å². The van der Waals surface area contributed by atoms with Crippen molar-refractivity contribution < 1.29 is 34.0 Å². The van der Waals surface area contributed by atoms with Crippen molar-refractivity contribution in [3.63, 3.8) is 0 Å². The summed E-state index contributed by atoms with van der Waals surface area (Å²) in [4.78, 5) is 26.8. The number of likely N-dealkylation sites (tertiary alicyclic amines) is 1. The monoisotopic (exact) mass is 579 g/mol. The van der Waals surface area contributed by atoms with Crippen LogP contribution in [0, 0.1) is 0 Å². The summed E-state index contributed by atoms with van der Waals surface area (Å²) >= 11 is 0. The number of carboxylic acid groups (broad SMARTS) is 1. The van der Waals surface area contributed by atoms with E-state index < -0.39 is 29.1 Å². The Morgan fingerprint density at radius 2 is 1.98 bits per heavy atom. The summed E-state index contributed by atoms with van der Waals surface area (Å²) in [7, 11) is 3.94. The highest BCUT2D eigenvalue weighted by Crippen LogP contribution is 2.66. The van der Waals surface area contributed by atoms with E-state index in [1.807, 2.05) is 36.4 Å². The second-order valence-electron chi connectivity index (χ2n) is 12.2. The maximum absolute atomic E-state index is 12.4. The number of carbonyl (C=O) groups is 2. The summed E-state index contributed by atoms with van der Waals surface area (Å²) in [5.74, 6) is -0.244. The van der Waals surface area contributed by atoms with Crippen LogP contribution < -0.4 is 15.4 Å². The number of aliphatic carboxylic acids is 1. The highest BCUT2D eigenvalue weighted by Gasteiger charge is 2.73. The van der Waals surface area contributed by atoms with Gasteiger partial charge in [0.05, 0.1) is 11.0 Å². The number of phenolic OH excluding ortho intramolecular Hbond substituents is 1. The number of nitrogens with zero attached hydrogens (tertiary/aromatic N) is 1. The molecule has 0 unspecified atom stereocenters. The first-order chi connectivity index (χ1) is 20.3. The Kier molecular flexibility index (Phi) is 7.80. The molecule has 4 aliphatic rings. The number of hydrogen-bond donors (Lipinski definition) is 4. The summed E-state index contributed by atoms with van der Waals surface area (Å²) in [6, 6.07) is 12.4. The first-order valence-electron chi connectivity index (χ1n) is 15.0. The van der Waals surface area contributed by atoms with Crippen molar-refractivity contribution in [1.29, 1.82) is 0 Å². The number of nitrogens with one attached hydrogen (secondary N) is 2. The van der Waals surface area contributed by atoms with Gasteiger partial charge in [0.1, 0.15) is 18.8 Å². The molecule has 4 N–H and O–H groups in total. The van der Waals surface area contributed by atoms with Crippen LogP contribution in [0.15, 0.2) is 42.5 Å². The van der Waals surface area contributed by atoms with Gasteiger partial charge in [-0.15, -0.1) is 0 Å². The number of amides is 1. The number of ether oxygens (including phenoxy) is 3. The molecule has 6 atom stereocenters. The van der Waals surface area contributed by atoms with Crippen LogP contribution >= 0.6 is 0 Å². The highest BCUT2D eigenvalue weighted by atomic mass is 16.5. The third-order valence-corrected chi connectivity index (χ3v) is 10.2. The molecule has 1 amide bonds. The fourth-order valence-electron chi connectivity index (χ4n) is 8.28. The lowest BCUT2D eigenvalue weighted by Gasteiger charge is -2.65. The van der Waals surface area contributed by atoms with E-state index in [4.69, 9.17) is 14.2 Å². The Labute approximate surface area is 246 Å². The van der Waals surface area contributed by atoms with Gasteiger partial charge in [0.15, 0.2) is 11.5 Å². The number of carboxylic acids is 1. The highest BCUT2D eigenvalue weighted by molar-refractivity contribution is 5.73. The van der Waals surface area contributed by atoms with Crippen LogP contribution in [0.25, 0.3) is 0 Å². The standard InChI is InChI=1S/C32H41N3O7/c1-35-17-15-31-26-21-11-12-24(36)27(26)42-28(31)22(13-14-32(31,40-2)25(35)18-21)34-23(29(37)38)10-6-7-16-33-30(39)41-19-20-8-4-3-5-9-20/h3-5,8-9,11-12,22-23,25,28,34,36H,6-7,10,13-19H2,1-2H3,(H,33,39)(H,37,38)/t22-,23+,25-,28+,31+,32-/m1/s1. The normalized spacial score (nSPS) is 29.7. The minimum Gasteiger partial charge on any atom is -0.504 e. The minimum absolute atomic E-state index is 0.128. The number of piperidine rings is 1. The molecule has 0 radical (unpaired) electrons. The second kappa shape index (κ2) is 11.4. The summed E-state index contributed by atoms with van der Waals surface area (Å²) in [5, 5.41) is 27.2. The number of aromatic hydroxyl groups is 1. The maximum Gasteiger partial charge on any atom is 0.407 e. The number of benzene rings is 2. The molecule has 42 heavy (non-hydrogen) atoms. The average Bonchev–Trinajstić information content (AvgIpc) is 3.35. The van der Waals surface area contributed by atoms with Crippen LogP contribution in [0.4, 0.5) is 4.79 Å². The number of carbonyl (C=O) groups excluding carboxylic acids is 1. The number of hydrogen-bond acceptors (Lipinski definition) is 8. The largest absolute Gasteiger partial charge is 0.504 e. The third-order valence-electron chi connectivity index (χ3n) is 10.2. The van der Waals surface area contributed by atoms with Crippen LogP contribution in [-0.4, -0.2) is 84.3 Å². The number of likely N-dealkylation sites (N-methyl/N-ethyl adjacent to an activating group) is 1. The zero-order chi connectivity index (χ0) is 29.5. The summed E-state index contributed by atoms with van der Waals surface area (Å²) in [6.07, 6.45) is 3.93. The van der Waals surface area contributed by atoms with Crippen molar-refractivity contribution >= 4 is 12.1 Å². The molecule has 1 saturated heterocycles. The van der Waals surface area contributed by atoms with Crippen molar-refractivity contribution in [2.45, 2.75) is 86.8 Å². The average molecular weight is 580 g/mol. The molecular weight excluding hydrogens is 538 g/mol. The zero-order valence-corrected chi connectivity index (χ0v) is 24.3. The Morgan fingerprint density at radius 1 is 1.17 bits per heavy atom. The lowest BCUT2D eigenvalue weighted by Crippen LogP contribution is -2.78. The topological polar surface area (TPSA) is 130 Å². The minimum atomic E-state index is -0.907. The molecule has 2 aliphatic carbocycles. The molecule has 2 bridgehead atoms. The zero-order valence-electron chi connectivity index (χ0n) is 24.3. The van der Waals surface area contributed by atoms with Crippen LogP contribution in [0.3, 0.4) is 0 Å². The van der Waals surface area contributed by atoms with Crippen molar-refractivity contribution in [2.24, 2.45) is 0 Å². The molecule has 2 aromatic rings. The fraction of sp³-hybridized carbons (Fsp3) is 0.562. The van der Waals surface area contributed by atoms with Gasteiger partial charge in [0.2, 0.25) is 0 Å². The maximum atomic E-state index is 12.4. The Morgan fingerprint density at radius 3 is 2.74 bits per heavy atom. The number of phenols is 1. The van der Waals surface area contributed by atoms with E-state index in [1.165, 1.54) is 5.56 Å². The predicted octanol–water partition coefficient (Wildman–Crippen LogP) is 3.34. The summed E-state index contributed by atoms with van der Waals surface area (Å²) in [5.41, 5.74) is 2.21. The molecule has 2 fully saturated rings. The van der Waals surface area contributed by atoms with Crippen molar-refractivity contribution in [1.82, 2.24) is 15.5 Å². The van der Waals surface area contributed by atoms with Gasteiger partial charge >= 0.3 is 12.1 Å². The van der Waals surface area contributed by atoms with Crippen molar-refractivity contribution in [3.05, 3.63) is 59.2 Å². The van der Waals surface area contributed by atoms with Crippen LogP contribution in [-0.2, 0) is 32.7 Å². The van der Waals surface area contributed by atoms with E-state index in [2.05, 4.69) is 22.6 Å². The van der Waals surface area contributed by atoms with Gasteiger partial charge in [0, 0.05) is 31.3 Å². The Bertz CT molecular complexity index is 1320. The van der Waals surface area contributed by atoms with Crippen molar-refractivity contribution in [3.8, 4) is 11.5 Å². The van der Waals surface area contributed by atoms with E-state index in [1.54, 1.807) is 13.2 Å². The SMILES string of the molecule is CO[C@@]12CC[C@@H](N[C@@H](CCCCNC(=O)OCc3ccccc3)C(=O)O)[C@@H]3Oc4c(O)ccc5c4[C@@]31CCN(C)[C@@H]2C5. The summed E-state index contributed by atoms with van der Waals surface area (Å²) in [6.45, 7) is 1.48. The van der Waals surface area contributed by atoms with Crippen LogP contribution in [0.2, 0.25) is 0 Å². The molecule has 1 saturated carbocycles. The third kappa shape index (κ3) is 4.60. The van der Waals surface area contributed by atoms with Crippen LogP contribution in [0.5, 0.6) is 11.5 Å². The van der Waals surface area contributed by atoms with Crippen molar-refractivity contribution in [2.75, 3.05) is 27.2 Å². The molecular formula is C32H41N3O7. The van der Waals surface area contributed by atoms with Gasteiger partial charge in [-0.05, 0) is 75.7 Å². The Hall–Kier alpha value is -3.34. The van der Waals surface area contributed by atoms with Gasteiger partial charge < -0.3 is 34.6 Å². The van der Waals surface area contributed by atoms with Gasteiger partial charge in [-0.25, -0.2) is 4.79 Å². The predicted molar refractivity (Wildman–Crippen MR) is 155 cm³/mol. The van der Waals surface area contributed by atoms with Gasteiger partial charge in [-0.1, -0.05) is 36.4 Å². The van der Waals surface area contributed by atoms with E-state index in [9.17, 15) is 19.8 Å². The molecule has 10 nitrogen and oxygen atoms in total. The number of alkyl carbamates (subject to hydrolysis) is 1. The molecule has 226 valence electrons. The molecule has 6 rings (SSSR count). The Balaban J connectivity index is 1.10. The number of rotatable bonds is 11. The molecule has 1 spiro atoms. The van der Waals surface area contributed by atoms with Crippen LogP contribution in [0.1, 0.15) is 55.2 Å². The number of methoxy groups -OCH3 is 1. The fourth-order valence-corrected chi connectivity index (χ4v) is 8.28. The first kappa shape index (κ1) is 28.8. The molecule has 2 heterocycles. The molecule has 2 aromatic carbocycles. The summed E-state index contributed by atoms with van der Waals surface area (Å²) < 4.78 is 18.3. The first-order valence-corrected chi connectivity index (χ1v) is 15.0. The lowest BCUT2D eigenvalue weighted by molar-refractivity contribution is -0.204. The van der Waals surface area contributed by atoms with E-state index in [0.717, 1.165) is 36.9 Å². The smallest absolute Gasteiger partial charge is 0.407 e. The van der Waals surface area contributed by atoms with Gasteiger partial charge in [-0.2, -0.15) is 0 Å². The van der Waals surface area contributed by atoms with Gasteiger partial charge in [0.25, 0.3) is 0 Å². The van der Waals surface area contributed by atoms with E-state index >= 15 is 0 Å². The quantitative estimate of drug-likeness (QED) is 0.296. The van der Waals surface area contributed by atoms with E-state index in [0.29, 0.717) is 38.0 Å². The molecule has 2 aliphatic heterocycles. The molecule has 10 heteroatoms.